The first kappa shape index (κ1) is 14.0. The Morgan fingerprint density at radius 2 is 1.85 bits per heavy atom. The summed E-state index contributed by atoms with van der Waals surface area (Å²) in [5.74, 6) is 0.751. The molecule has 108 valence electrons. The summed E-state index contributed by atoms with van der Waals surface area (Å²) in [6.45, 7) is 0. The smallest absolute Gasteiger partial charge is 0.185 e. The van der Waals surface area contributed by atoms with E-state index in [1.54, 1.807) is 7.11 Å². The number of hydrogen-bond acceptors (Lipinski definition) is 5. The molecule has 1 heterocycles. The van der Waals surface area contributed by atoms with Crippen LogP contribution in [0, 0.1) is 0 Å². The zero-order valence-corrected chi connectivity index (χ0v) is 12.4. The molecule has 1 aromatic carbocycles. The Bertz CT molecular complexity index is 515. The molecule has 5 nitrogen and oxygen atoms in total. The standard InChI is InChI=1S/C14H15BrO5/c1-18-8-4-2-7(3-5-8)14-19-12-9(15)6-10(16)11(17)13(12)20-14/h2-6,10-14,16-17H,1H3/t10-,11-,12-,13+,14-/m1/s1. The van der Waals surface area contributed by atoms with Gasteiger partial charge in [0.1, 0.15) is 30.2 Å². The van der Waals surface area contributed by atoms with Crippen LogP contribution < -0.4 is 4.74 Å². The monoisotopic (exact) mass is 342 g/mol. The number of benzene rings is 1. The second kappa shape index (κ2) is 5.46. The third-order valence-corrected chi connectivity index (χ3v) is 4.24. The molecular formula is C14H15BrO5. The summed E-state index contributed by atoms with van der Waals surface area (Å²) < 4.78 is 17.3. The lowest BCUT2D eigenvalue weighted by molar-refractivity contribution is -0.0989. The van der Waals surface area contributed by atoms with Crippen molar-refractivity contribution >= 4 is 15.9 Å². The molecule has 0 amide bonds. The van der Waals surface area contributed by atoms with Gasteiger partial charge in [0, 0.05) is 10.0 Å². The van der Waals surface area contributed by atoms with Gasteiger partial charge in [-0.3, -0.25) is 0 Å². The highest BCUT2D eigenvalue weighted by molar-refractivity contribution is 9.11. The number of fused-ring (bicyclic) bond motifs is 1. The minimum atomic E-state index is -0.996. The maximum atomic E-state index is 9.97. The van der Waals surface area contributed by atoms with Crippen LogP contribution in [0.25, 0.3) is 0 Å². The maximum absolute atomic E-state index is 9.97. The molecule has 2 aliphatic rings. The van der Waals surface area contributed by atoms with Crippen LogP contribution in [0.1, 0.15) is 11.9 Å². The van der Waals surface area contributed by atoms with Crippen LogP contribution in [-0.4, -0.2) is 41.7 Å². The number of aliphatic hydroxyl groups excluding tert-OH is 2. The van der Waals surface area contributed by atoms with E-state index >= 15 is 0 Å². The highest BCUT2D eigenvalue weighted by Gasteiger charge is 2.47. The summed E-state index contributed by atoms with van der Waals surface area (Å²) in [6.07, 6.45) is -1.98. The van der Waals surface area contributed by atoms with E-state index in [-0.39, 0.29) is 0 Å². The predicted octanol–water partition coefficient (Wildman–Crippen LogP) is 1.49. The van der Waals surface area contributed by atoms with Crippen LogP contribution in [0.4, 0.5) is 0 Å². The van der Waals surface area contributed by atoms with E-state index in [2.05, 4.69) is 15.9 Å². The summed E-state index contributed by atoms with van der Waals surface area (Å²) in [4.78, 5) is 0. The Labute approximate surface area is 124 Å². The fourth-order valence-corrected chi connectivity index (χ4v) is 3.05. The first-order valence-corrected chi connectivity index (χ1v) is 7.07. The zero-order chi connectivity index (χ0) is 14.3. The topological polar surface area (TPSA) is 68.2 Å². The van der Waals surface area contributed by atoms with E-state index in [0.717, 1.165) is 11.3 Å². The van der Waals surface area contributed by atoms with Crippen molar-refractivity contribution in [2.75, 3.05) is 7.11 Å². The van der Waals surface area contributed by atoms with E-state index in [0.29, 0.717) is 4.48 Å². The highest BCUT2D eigenvalue weighted by atomic mass is 79.9. The summed E-state index contributed by atoms with van der Waals surface area (Å²) in [7, 11) is 1.60. The number of ether oxygens (including phenoxy) is 3. The van der Waals surface area contributed by atoms with Crippen molar-refractivity contribution in [3.8, 4) is 5.75 Å². The molecule has 1 saturated heterocycles. The quantitative estimate of drug-likeness (QED) is 0.852. The predicted molar refractivity (Wildman–Crippen MR) is 74.5 cm³/mol. The van der Waals surface area contributed by atoms with Crippen molar-refractivity contribution in [2.45, 2.75) is 30.7 Å². The first-order chi connectivity index (χ1) is 9.60. The fourth-order valence-electron chi connectivity index (χ4n) is 2.41. The van der Waals surface area contributed by atoms with Crippen LogP contribution in [0.3, 0.4) is 0 Å². The molecule has 1 aromatic rings. The molecule has 0 spiro atoms. The van der Waals surface area contributed by atoms with Gasteiger partial charge in [0.2, 0.25) is 0 Å². The van der Waals surface area contributed by atoms with Crippen LogP contribution >= 0.6 is 15.9 Å². The highest BCUT2D eigenvalue weighted by Crippen LogP contribution is 2.41. The van der Waals surface area contributed by atoms with E-state index in [9.17, 15) is 10.2 Å². The number of rotatable bonds is 2. The van der Waals surface area contributed by atoms with Crippen LogP contribution in [0.2, 0.25) is 0 Å². The van der Waals surface area contributed by atoms with E-state index < -0.39 is 30.7 Å². The third-order valence-electron chi connectivity index (χ3n) is 3.53. The largest absolute Gasteiger partial charge is 0.497 e. The lowest BCUT2D eigenvalue weighted by Crippen LogP contribution is -2.45. The van der Waals surface area contributed by atoms with Crippen molar-refractivity contribution in [3.05, 3.63) is 40.4 Å². The Kier molecular flexibility index (Phi) is 3.83. The minimum absolute atomic E-state index is 0.402. The van der Waals surface area contributed by atoms with Crippen molar-refractivity contribution in [3.63, 3.8) is 0 Å². The van der Waals surface area contributed by atoms with Crippen molar-refractivity contribution in [2.24, 2.45) is 0 Å². The lowest BCUT2D eigenvalue weighted by atomic mass is 9.96. The number of aliphatic hydroxyl groups is 2. The molecule has 1 aliphatic carbocycles. The minimum Gasteiger partial charge on any atom is -0.497 e. The van der Waals surface area contributed by atoms with Gasteiger partial charge in [-0.1, -0.05) is 28.1 Å². The van der Waals surface area contributed by atoms with Gasteiger partial charge in [-0.05, 0) is 18.2 Å². The number of methoxy groups -OCH3 is 1. The molecule has 0 saturated carbocycles. The Morgan fingerprint density at radius 3 is 2.50 bits per heavy atom. The normalized spacial score (nSPS) is 36.4. The summed E-state index contributed by atoms with van der Waals surface area (Å²) in [6, 6.07) is 7.34. The second-order valence-corrected chi connectivity index (χ2v) is 5.71. The van der Waals surface area contributed by atoms with Gasteiger partial charge in [-0.2, -0.15) is 0 Å². The van der Waals surface area contributed by atoms with Crippen molar-refractivity contribution < 1.29 is 24.4 Å². The number of hydrogen-bond donors (Lipinski definition) is 2. The summed E-state index contributed by atoms with van der Waals surface area (Å²) in [5, 5.41) is 19.7. The molecule has 6 heteroatoms. The van der Waals surface area contributed by atoms with Gasteiger partial charge in [0.25, 0.3) is 0 Å². The second-order valence-electron chi connectivity index (χ2n) is 4.80. The van der Waals surface area contributed by atoms with Crippen molar-refractivity contribution in [1.29, 1.82) is 0 Å². The van der Waals surface area contributed by atoms with Crippen molar-refractivity contribution in [1.82, 2.24) is 0 Å². The van der Waals surface area contributed by atoms with Gasteiger partial charge < -0.3 is 24.4 Å². The molecule has 0 bridgehead atoms. The fraction of sp³-hybridized carbons (Fsp3) is 0.429. The molecular weight excluding hydrogens is 328 g/mol. The van der Waals surface area contributed by atoms with E-state index in [1.165, 1.54) is 6.08 Å². The average molecular weight is 343 g/mol. The Morgan fingerprint density at radius 1 is 1.15 bits per heavy atom. The molecule has 0 radical (unpaired) electrons. The van der Waals surface area contributed by atoms with Crippen LogP contribution in [0.5, 0.6) is 5.75 Å². The van der Waals surface area contributed by atoms with E-state index in [1.807, 2.05) is 24.3 Å². The molecule has 2 N–H and O–H groups in total. The molecule has 5 atom stereocenters. The first-order valence-electron chi connectivity index (χ1n) is 6.28. The van der Waals surface area contributed by atoms with Gasteiger partial charge in [0.05, 0.1) is 7.11 Å². The molecule has 20 heavy (non-hydrogen) atoms. The average Bonchev–Trinajstić information content (AvgIpc) is 2.91. The Balaban J connectivity index is 1.80. The molecule has 0 unspecified atom stereocenters. The maximum Gasteiger partial charge on any atom is 0.185 e. The van der Waals surface area contributed by atoms with Gasteiger partial charge in [-0.25, -0.2) is 0 Å². The molecule has 0 aromatic heterocycles. The Hall–Kier alpha value is -0.920. The summed E-state index contributed by atoms with van der Waals surface area (Å²) >= 11 is 3.35. The van der Waals surface area contributed by atoms with Crippen LogP contribution in [-0.2, 0) is 9.47 Å². The number of halogens is 1. The van der Waals surface area contributed by atoms with E-state index in [4.69, 9.17) is 14.2 Å². The lowest BCUT2D eigenvalue weighted by Gasteiger charge is -2.29. The SMILES string of the molecule is COc1ccc([C@H]2O[C@H]3[C@H](O)[C@H](O)C=C(Br)[C@H]3O2)cc1. The molecule has 1 aliphatic heterocycles. The summed E-state index contributed by atoms with van der Waals surface area (Å²) in [5.41, 5.74) is 0.835. The van der Waals surface area contributed by atoms with Gasteiger partial charge in [0.15, 0.2) is 6.29 Å². The zero-order valence-electron chi connectivity index (χ0n) is 10.8. The third kappa shape index (κ3) is 2.38. The van der Waals surface area contributed by atoms with Crippen LogP contribution in [0.15, 0.2) is 34.8 Å². The molecule has 3 rings (SSSR count). The molecule has 1 fully saturated rings. The van der Waals surface area contributed by atoms with Gasteiger partial charge in [-0.15, -0.1) is 0 Å². The van der Waals surface area contributed by atoms with Gasteiger partial charge >= 0.3 is 0 Å².